The van der Waals surface area contributed by atoms with Gasteiger partial charge in [0.15, 0.2) is 0 Å². The van der Waals surface area contributed by atoms with Crippen LogP contribution in [0.5, 0.6) is 0 Å². The highest BCUT2D eigenvalue weighted by Crippen LogP contribution is 2.31. The number of nitrogens with zero attached hydrogens (tertiary/aromatic N) is 1. The minimum Gasteiger partial charge on any atom is -0.322 e. The smallest absolute Gasteiger partial charge is 0.238 e. The molecule has 1 saturated carbocycles. The number of benzene rings is 1. The van der Waals surface area contributed by atoms with Crippen LogP contribution < -0.4 is 16.2 Å². The second-order valence-electron chi connectivity index (χ2n) is 6.47. The third-order valence-electron chi connectivity index (χ3n) is 4.67. The highest BCUT2D eigenvalue weighted by molar-refractivity contribution is 6.30. The van der Waals surface area contributed by atoms with Gasteiger partial charge in [0, 0.05) is 23.7 Å². The molecule has 126 valence electrons. The maximum atomic E-state index is 13.7. The van der Waals surface area contributed by atoms with Crippen molar-refractivity contribution in [2.24, 2.45) is 5.92 Å². The summed E-state index contributed by atoms with van der Waals surface area (Å²) in [5.41, 5.74) is 6.83. The number of halogens is 2. The Kier molecular flexibility index (Phi) is 5.16. The van der Waals surface area contributed by atoms with Crippen molar-refractivity contribution in [2.75, 3.05) is 25.5 Å². The lowest BCUT2D eigenvalue weighted by molar-refractivity contribution is -0.117. The SMILES string of the molecule is CN(CC(=O)Nc1ccc(Cl)cc1F)CC1NNC2CCCC21. The summed E-state index contributed by atoms with van der Waals surface area (Å²) >= 11 is 5.70. The van der Waals surface area contributed by atoms with Crippen molar-refractivity contribution in [3.63, 3.8) is 0 Å². The van der Waals surface area contributed by atoms with Crippen molar-refractivity contribution in [2.45, 2.75) is 31.3 Å². The van der Waals surface area contributed by atoms with E-state index >= 15 is 0 Å². The van der Waals surface area contributed by atoms with Gasteiger partial charge in [-0.3, -0.25) is 20.5 Å². The van der Waals surface area contributed by atoms with Gasteiger partial charge in [-0.15, -0.1) is 0 Å². The molecule has 1 aliphatic heterocycles. The monoisotopic (exact) mass is 340 g/mol. The van der Waals surface area contributed by atoms with Crippen molar-refractivity contribution >= 4 is 23.2 Å². The van der Waals surface area contributed by atoms with Crippen LogP contribution in [0.15, 0.2) is 18.2 Å². The standard InChI is InChI=1S/C16H22ClFN4O/c1-22(8-15-11-3-2-4-13(11)20-21-15)9-16(23)19-14-6-5-10(17)7-12(14)18/h5-7,11,13,15,20-21H,2-4,8-9H2,1H3,(H,19,23). The van der Waals surface area contributed by atoms with E-state index in [4.69, 9.17) is 11.6 Å². The zero-order valence-corrected chi connectivity index (χ0v) is 13.9. The number of fused-ring (bicyclic) bond motifs is 1. The molecule has 1 aromatic carbocycles. The first-order chi connectivity index (χ1) is 11.0. The Labute approximate surface area is 140 Å². The van der Waals surface area contributed by atoms with Crippen LogP contribution in [0.3, 0.4) is 0 Å². The average molecular weight is 341 g/mol. The van der Waals surface area contributed by atoms with E-state index in [-0.39, 0.29) is 18.1 Å². The molecule has 5 nitrogen and oxygen atoms in total. The molecule has 3 rings (SSSR count). The summed E-state index contributed by atoms with van der Waals surface area (Å²) in [6.45, 7) is 1.00. The molecule has 3 atom stereocenters. The van der Waals surface area contributed by atoms with Gasteiger partial charge in [0.05, 0.1) is 12.2 Å². The quantitative estimate of drug-likeness (QED) is 0.767. The summed E-state index contributed by atoms with van der Waals surface area (Å²) < 4.78 is 13.7. The lowest BCUT2D eigenvalue weighted by atomic mass is 9.97. The highest BCUT2D eigenvalue weighted by atomic mass is 35.5. The van der Waals surface area contributed by atoms with Crippen LogP contribution in [-0.4, -0.2) is 43.0 Å². The molecule has 3 unspecified atom stereocenters. The number of likely N-dealkylation sites (N-methyl/N-ethyl adjacent to an activating group) is 1. The summed E-state index contributed by atoms with van der Waals surface area (Å²) in [5, 5.41) is 2.90. The van der Waals surface area contributed by atoms with Crippen LogP contribution in [0.2, 0.25) is 5.02 Å². The van der Waals surface area contributed by atoms with E-state index in [2.05, 4.69) is 16.2 Å². The fraction of sp³-hybridized carbons (Fsp3) is 0.562. The van der Waals surface area contributed by atoms with E-state index in [1.54, 1.807) is 6.07 Å². The summed E-state index contributed by atoms with van der Waals surface area (Å²) in [6.07, 6.45) is 3.71. The minimum atomic E-state index is -0.524. The van der Waals surface area contributed by atoms with Crippen molar-refractivity contribution < 1.29 is 9.18 Å². The first-order valence-electron chi connectivity index (χ1n) is 7.97. The van der Waals surface area contributed by atoms with E-state index < -0.39 is 5.82 Å². The van der Waals surface area contributed by atoms with Crippen LogP contribution >= 0.6 is 11.6 Å². The number of nitrogens with one attached hydrogen (secondary N) is 3. The Bertz CT molecular complexity index is 585. The molecular formula is C16H22ClFN4O. The maximum absolute atomic E-state index is 13.7. The highest BCUT2D eigenvalue weighted by Gasteiger charge is 2.39. The summed E-state index contributed by atoms with van der Waals surface area (Å²) in [4.78, 5) is 14.0. The van der Waals surface area contributed by atoms with Gasteiger partial charge in [-0.1, -0.05) is 18.0 Å². The van der Waals surface area contributed by atoms with E-state index in [1.165, 1.54) is 31.4 Å². The van der Waals surface area contributed by atoms with Gasteiger partial charge in [-0.2, -0.15) is 0 Å². The fourth-order valence-electron chi connectivity index (χ4n) is 3.58. The van der Waals surface area contributed by atoms with Crippen LogP contribution in [-0.2, 0) is 4.79 Å². The molecule has 1 saturated heterocycles. The summed E-state index contributed by atoms with van der Waals surface area (Å²) in [6, 6.07) is 5.13. The third-order valence-corrected chi connectivity index (χ3v) is 4.90. The molecule has 1 heterocycles. The molecule has 0 radical (unpaired) electrons. The van der Waals surface area contributed by atoms with Gasteiger partial charge in [-0.05, 0) is 44.0 Å². The van der Waals surface area contributed by atoms with Crippen molar-refractivity contribution in [3.05, 3.63) is 29.0 Å². The van der Waals surface area contributed by atoms with Crippen LogP contribution in [0.25, 0.3) is 0 Å². The zero-order valence-electron chi connectivity index (χ0n) is 13.1. The first-order valence-corrected chi connectivity index (χ1v) is 8.35. The predicted octanol–water partition coefficient (Wildman–Crippen LogP) is 1.99. The van der Waals surface area contributed by atoms with Gasteiger partial charge in [-0.25, -0.2) is 4.39 Å². The summed E-state index contributed by atoms with van der Waals surface area (Å²) in [5.74, 6) is -0.124. The van der Waals surface area contributed by atoms with Gasteiger partial charge in [0.2, 0.25) is 5.91 Å². The largest absolute Gasteiger partial charge is 0.322 e. The number of hydrogen-bond donors (Lipinski definition) is 3. The predicted molar refractivity (Wildman–Crippen MR) is 88.7 cm³/mol. The number of rotatable bonds is 5. The molecule has 2 fully saturated rings. The molecule has 3 N–H and O–H groups in total. The van der Waals surface area contributed by atoms with Gasteiger partial charge in [0.25, 0.3) is 0 Å². The average Bonchev–Trinajstić information content (AvgIpc) is 3.07. The molecule has 1 aromatic rings. The van der Waals surface area contributed by atoms with Gasteiger partial charge in [0.1, 0.15) is 5.82 Å². The van der Waals surface area contributed by atoms with Gasteiger partial charge < -0.3 is 5.32 Å². The zero-order chi connectivity index (χ0) is 16.4. The van der Waals surface area contributed by atoms with Crippen LogP contribution in [0, 0.1) is 11.7 Å². The number of carbonyl (C=O) groups excluding carboxylic acids is 1. The second-order valence-corrected chi connectivity index (χ2v) is 6.90. The second kappa shape index (κ2) is 7.13. The van der Waals surface area contributed by atoms with Crippen molar-refractivity contribution in [3.8, 4) is 0 Å². The molecule has 2 aliphatic rings. The van der Waals surface area contributed by atoms with Gasteiger partial charge >= 0.3 is 0 Å². The topological polar surface area (TPSA) is 56.4 Å². The van der Waals surface area contributed by atoms with Crippen molar-refractivity contribution in [1.29, 1.82) is 0 Å². The van der Waals surface area contributed by atoms with E-state index in [0.29, 0.717) is 23.0 Å². The Morgan fingerprint density at radius 3 is 3.04 bits per heavy atom. The Morgan fingerprint density at radius 1 is 1.43 bits per heavy atom. The molecule has 23 heavy (non-hydrogen) atoms. The lowest BCUT2D eigenvalue weighted by Crippen LogP contribution is -2.43. The van der Waals surface area contributed by atoms with Crippen LogP contribution in [0.4, 0.5) is 10.1 Å². The van der Waals surface area contributed by atoms with Crippen molar-refractivity contribution in [1.82, 2.24) is 15.8 Å². The molecule has 1 amide bonds. The Morgan fingerprint density at radius 2 is 2.26 bits per heavy atom. The number of hydrogen-bond acceptors (Lipinski definition) is 4. The molecular weight excluding hydrogens is 319 g/mol. The number of carbonyl (C=O) groups is 1. The third kappa shape index (κ3) is 4.01. The molecule has 1 aliphatic carbocycles. The van der Waals surface area contributed by atoms with E-state index in [9.17, 15) is 9.18 Å². The maximum Gasteiger partial charge on any atom is 0.238 e. The Balaban J connectivity index is 1.49. The lowest BCUT2D eigenvalue weighted by Gasteiger charge is -2.23. The van der Waals surface area contributed by atoms with E-state index in [0.717, 1.165) is 6.54 Å². The minimum absolute atomic E-state index is 0.157. The number of amides is 1. The molecule has 7 heteroatoms. The Hall–Kier alpha value is -1.21. The fourth-order valence-corrected chi connectivity index (χ4v) is 3.74. The number of hydrazine groups is 1. The normalized spacial score (nSPS) is 26.5. The molecule has 0 spiro atoms. The molecule has 0 aromatic heterocycles. The first kappa shape index (κ1) is 16.6. The summed E-state index contributed by atoms with van der Waals surface area (Å²) in [7, 11) is 1.90. The number of anilines is 1. The van der Waals surface area contributed by atoms with E-state index in [1.807, 2.05) is 11.9 Å². The molecule has 0 bridgehead atoms. The van der Waals surface area contributed by atoms with Crippen LogP contribution in [0.1, 0.15) is 19.3 Å².